The van der Waals surface area contributed by atoms with Crippen LogP contribution in [0.15, 0.2) is 24.5 Å². The second kappa shape index (κ2) is 5.01. The van der Waals surface area contributed by atoms with Gasteiger partial charge in [0.05, 0.1) is 0 Å². The van der Waals surface area contributed by atoms with Crippen molar-refractivity contribution in [3.63, 3.8) is 0 Å². The van der Waals surface area contributed by atoms with Gasteiger partial charge in [-0.15, -0.1) is 0 Å². The van der Waals surface area contributed by atoms with Gasteiger partial charge in [0, 0.05) is 38.6 Å². The minimum Gasteiger partial charge on any atom is -0.490 e. The molecule has 1 N–H and O–H groups in total. The first-order valence-corrected chi connectivity index (χ1v) is 7.84. The van der Waals surface area contributed by atoms with E-state index in [2.05, 4.69) is 15.2 Å². The fourth-order valence-corrected chi connectivity index (χ4v) is 3.92. The smallest absolute Gasteiger partial charge is 0.122 e. The Morgan fingerprint density at radius 2 is 2.10 bits per heavy atom. The van der Waals surface area contributed by atoms with Crippen molar-refractivity contribution in [1.82, 2.24) is 15.2 Å². The second-order valence-electron chi connectivity index (χ2n) is 6.67. The highest BCUT2D eigenvalue weighted by Gasteiger charge is 2.57. The summed E-state index contributed by atoms with van der Waals surface area (Å²) in [7, 11) is 0. The lowest BCUT2D eigenvalue weighted by atomic mass is 10.0. The largest absolute Gasteiger partial charge is 0.490 e. The maximum atomic E-state index is 6.03. The number of fused-ring (bicyclic) bond motifs is 1. The van der Waals surface area contributed by atoms with E-state index in [9.17, 15) is 0 Å². The van der Waals surface area contributed by atoms with Gasteiger partial charge in [0.1, 0.15) is 11.9 Å². The predicted octanol–water partition coefficient (Wildman–Crippen LogP) is 1.53. The quantitative estimate of drug-likeness (QED) is 0.903. The Balaban J connectivity index is 1.26. The minimum absolute atomic E-state index is 0.378. The number of piperidine rings is 2. The first-order valence-electron chi connectivity index (χ1n) is 7.84. The molecule has 4 heteroatoms. The number of likely N-dealkylation sites (tertiary alicyclic amines) is 1. The molecule has 1 aromatic rings. The Bertz CT molecular complexity index is 458. The van der Waals surface area contributed by atoms with Crippen molar-refractivity contribution >= 4 is 0 Å². The second-order valence-corrected chi connectivity index (χ2v) is 6.67. The van der Waals surface area contributed by atoms with Crippen molar-refractivity contribution in [3.05, 3.63) is 24.5 Å². The summed E-state index contributed by atoms with van der Waals surface area (Å²) in [6.45, 7) is 6.16. The summed E-state index contributed by atoms with van der Waals surface area (Å²) in [4.78, 5) is 6.68. The molecule has 4 rings (SSSR count). The summed E-state index contributed by atoms with van der Waals surface area (Å²) in [5, 5.41) is 3.54. The summed E-state index contributed by atoms with van der Waals surface area (Å²) in [6, 6.07) is 3.90. The van der Waals surface area contributed by atoms with Gasteiger partial charge in [-0.25, -0.2) is 0 Å². The van der Waals surface area contributed by atoms with Gasteiger partial charge in [0.25, 0.3) is 0 Å². The van der Waals surface area contributed by atoms with Crippen LogP contribution in [0.5, 0.6) is 5.75 Å². The van der Waals surface area contributed by atoms with E-state index >= 15 is 0 Å². The first-order chi connectivity index (χ1) is 9.84. The molecule has 0 radical (unpaired) electrons. The zero-order valence-corrected chi connectivity index (χ0v) is 11.9. The Labute approximate surface area is 120 Å². The molecule has 0 bridgehead atoms. The average molecular weight is 273 g/mol. The number of rotatable bonds is 4. The van der Waals surface area contributed by atoms with Crippen LogP contribution >= 0.6 is 0 Å². The van der Waals surface area contributed by atoms with Gasteiger partial charge in [-0.2, -0.15) is 0 Å². The maximum Gasteiger partial charge on any atom is 0.122 e. The zero-order chi connectivity index (χ0) is 13.4. The van der Waals surface area contributed by atoms with Gasteiger partial charge in [0.2, 0.25) is 0 Å². The zero-order valence-electron chi connectivity index (χ0n) is 11.9. The van der Waals surface area contributed by atoms with E-state index in [1.807, 2.05) is 12.1 Å². The molecule has 2 unspecified atom stereocenters. The first kappa shape index (κ1) is 12.6. The summed E-state index contributed by atoms with van der Waals surface area (Å²) < 4.78 is 6.03. The highest BCUT2D eigenvalue weighted by molar-refractivity contribution is 5.17. The minimum atomic E-state index is 0.378. The predicted molar refractivity (Wildman–Crippen MR) is 77.7 cm³/mol. The maximum absolute atomic E-state index is 6.03. The van der Waals surface area contributed by atoms with Crippen LogP contribution < -0.4 is 10.1 Å². The molecular formula is C16H23N3O. The molecule has 3 heterocycles. The summed E-state index contributed by atoms with van der Waals surface area (Å²) in [6.07, 6.45) is 7.72. The van der Waals surface area contributed by atoms with Crippen molar-refractivity contribution in [2.45, 2.75) is 25.4 Å². The Morgan fingerprint density at radius 1 is 1.30 bits per heavy atom. The molecule has 3 aliphatic rings. The summed E-state index contributed by atoms with van der Waals surface area (Å²) in [5.41, 5.74) is 0.638. The molecule has 1 saturated carbocycles. The molecule has 4 nitrogen and oxygen atoms in total. The van der Waals surface area contributed by atoms with Crippen LogP contribution in [0.3, 0.4) is 0 Å². The van der Waals surface area contributed by atoms with E-state index in [0.717, 1.165) is 24.5 Å². The topological polar surface area (TPSA) is 37.4 Å². The highest BCUT2D eigenvalue weighted by Crippen LogP contribution is 2.55. The van der Waals surface area contributed by atoms with Crippen LogP contribution in [0.2, 0.25) is 0 Å². The summed E-state index contributed by atoms with van der Waals surface area (Å²) >= 11 is 0. The molecule has 20 heavy (non-hydrogen) atoms. The highest BCUT2D eigenvalue weighted by atomic mass is 16.5. The van der Waals surface area contributed by atoms with Crippen molar-refractivity contribution in [3.8, 4) is 5.75 Å². The third-order valence-corrected chi connectivity index (χ3v) is 5.25. The normalized spacial score (nSPS) is 33.9. The van der Waals surface area contributed by atoms with Gasteiger partial charge < -0.3 is 15.0 Å². The summed E-state index contributed by atoms with van der Waals surface area (Å²) in [5.74, 6) is 1.92. The number of hydrogen-bond donors (Lipinski definition) is 1. The number of nitrogens with zero attached hydrogens (tertiary/aromatic N) is 2. The van der Waals surface area contributed by atoms with E-state index in [-0.39, 0.29) is 0 Å². The molecule has 0 amide bonds. The van der Waals surface area contributed by atoms with Crippen LogP contribution in [-0.2, 0) is 0 Å². The average Bonchev–Trinajstić information content (AvgIpc) is 3.02. The van der Waals surface area contributed by atoms with Crippen LogP contribution in [0.1, 0.15) is 19.3 Å². The Morgan fingerprint density at radius 3 is 2.75 bits per heavy atom. The Kier molecular flexibility index (Phi) is 3.15. The van der Waals surface area contributed by atoms with Gasteiger partial charge in [-0.3, -0.25) is 4.98 Å². The molecule has 1 aliphatic carbocycles. The lowest BCUT2D eigenvalue weighted by Crippen LogP contribution is -2.42. The molecule has 3 fully saturated rings. The molecule has 0 spiro atoms. The molecule has 0 aromatic carbocycles. The molecule has 2 aliphatic heterocycles. The SMILES string of the molecule is c1cc(OC2CCN(CC34CNCC3C4)CC2)ccn1. The van der Waals surface area contributed by atoms with E-state index in [0.29, 0.717) is 11.5 Å². The van der Waals surface area contributed by atoms with Gasteiger partial charge in [-0.1, -0.05) is 0 Å². The van der Waals surface area contributed by atoms with Crippen LogP contribution in [-0.4, -0.2) is 48.7 Å². The van der Waals surface area contributed by atoms with Crippen LogP contribution in [0.4, 0.5) is 0 Å². The fourth-order valence-electron chi connectivity index (χ4n) is 3.92. The van der Waals surface area contributed by atoms with Gasteiger partial charge in [-0.05, 0) is 49.3 Å². The Hall–Kier alpha value is -1.13. The molecule has 1 aromatic heterocycles. The lowest BCUT2D eigenvalue weighted by Gasteiger charge is -2.34. The fraction of sp³-hybridized carbons (Fsp3) is 0.688. The lowest BCUT2D eigenvalue weighted by molar-refractivity contribution is 0.0885. The number of nitrogens with one attached hydrogen (secondary N) is 1. The van der Waals surface area contributed by atoms with Crippen molar-refractivity contribution in [2.24, 2.45) is 11.3 Å². The van der Waals surface area contributed by atoms with Crippen molar-refractivity contribution in [1.29, 1.82) is 0 Å². The van der Waals surface area contributed by atoms with Crippen LogP contribution in [0, 0.1) is 11.3 Å². The molecule has 2 saturated heterocycles. The van der Waals surface area contributed by atoms with Crippen molar-refractivity contribution in [2.75, 3.05) is 32.7 Å². The monoisotopic (exact) mass is 273 g/mol. The third kappa shape index (κ3) is 2.42. The third-order valence-electron chi connectivity index (χ3n) is 5.25. The van der Waals surface area contributed by atoms with E-state index in [4.69, 9.17) is 4.74 Å². The van der Waals surface area contributed by atoms with E-state index < -0.39 is 0 Å². The number of aromatic nitrogens is 1. The van der Waals surface area contributed by atoms with Crippen LogP contribution in [0.25, 0.3) is 0 Å². The van der Waals surface area contributed by atoms with Gasteiger partial charge >= 0.3 is 0 Å². The molecular weight excluding hydrogens is 250 g/mol. The van der Waals surface area contributed by atoms with Crippen molar-refractivity contribution < 1.29 is 4.74 Å². The van der Waals surface area contributed by atoms with E-state index in [1.165, 1.54) is 39.1 Å². The number of ether oxygens (including phenoxy) is 1. The standard InChI is InChI=1S/C16H23N3O/c1-5-17-6-2-14(1)20-15-3-7-19(8-4-15)12-16-9-13(16)10-18-11-16/h1-2,5-6,13,15,18H,3-4,7-12H2. The number of pyridine rings is 1. The van der Waals surface area contributed by atoms with Gasteiger partial charge in [0.15, 0.2) is 0 Å². The molecule has 108 valence electrons. The van der Waals surface area contributed by atoms with E-state index in [1.54, 1.807) is 12.4 Å². The molecule has 2 atom stereocenters. The number of hydrogen-bond acceptors (Lipinski definition) is 4.